The molecule has 7 nitrogen and oxygen atoms in total. The molecule has 2 aliphatic heterocycles. The van der Waals surface area contributed by atoms with Crippen LogP contribution in [0.5, 0.6) is 0 Å². The number of nitrogens with zero attached hydrogens (tertiary/aromatic N) is 2. The minimum Gasteiger partial charge on any atom is -0.381 e. The van der Waals surface area contributed by atoms with Crippen molar-refractivity contribution < 1.29 is 17.9 Å². The fourth-order valence-corrected chi connectivity index (χ4v) is 6.65. The van der Waals surface area contributed by atoms with Crippen LogP contribution < -0.4 is 5.32 Å². The maximum atomic E-state index is 12.6. The molecule has 1 amide bonds. The molecule has 0 radical (unpaired) electrons. The average Bonchev–Trinajstić information content (AvgIpc) is 3.31. The Balaban J connectivity index is 1.38. The van der Waals surface area contributed by atoms with Crippen LogP contribution in [-0.2, 0) is 32.3 Å². The highest BCUT2D eigenvalue weighted by Gasteiger charge is 2.37. The molecule has 2 aromatic rings. The van der Waals surface area contributed by atoms with Crippen LogP contribution in [0.4, 0.5) is 5.13 Å². The smallest absolute Gasteiger partial charge is 0.230 e. The Morgan fingerprint density at radius 3 is 2.58 bits per heavy atom. The zero-order chi connectivity index (χ0) is 23.6. The Morgan fingerprint density at radius 1 is 1.24 bits per heavy atom. The molecule has 1 fully saturated rings. The van der Waals surface area contributed by atoms with Gasteiger partial charge in [0.25, 0.3) is 0 Å². The third kappa shape index (κ3) is 5.65. The van der Waals surface area contributed by atoms with E-state index in [0.717, 1.165) is 50.4 Å². The fourth-order valence-electron chi connectivity index (χ4n) is 4.72. The molecule has 33 heavy (non-hydrogen) atoms. The van der Waals surface area contributed by atoms with E-state index in [-0.39, 0.29) is 29.0 Å². The lowest BCUT2D eigenvalue weighted by molar-refractivity contribution is -0.115. The number of amides is 1. The van der Waals surface area contributed by atoms with Gasteiger partial charge in [0.15, 0.2) is 15.0 Å². The minimum absolute atomic E-state index is 0.0609. The molecule has 1 N–H and O–H groups in total. The van der Waals surface area contributed by atoms with Crippen molar-refractivity contribution in [1.29, 1.82) is 0 Å². The molecular weight excluding hydrogens is 458 g/mol. The van der Waals surface area contributed by atoms with Crippen LogP contribution in [0.2, 0.25) is 0 Å². The molecule has 0 saturated carbocycles. The molecule has 180 valence electrons. The van der Waals surface area contributed by atoms with Gasteiger partial charge in [0.1, 0.15) is 0 Å². The molecule has 1 aromatic carbocycles. The normalized spacial score (nSPS) is 19.7. The van der Waals surface area contributed by atoms with E-state index in [9.17, 15) is 13.2 Å². The summed E-state index contributed by atoms with van der Waals surface area (Å²) in [7, 11) is -3.24. The van der Waals surface area contributed by atoms with Gasteiger partial charge in [-0.15, -0.1) is 11.3 Å². The summed E-state index contributed by atoms with van der Waals surface area (Å²) in [6, 6.07) is 6.82. The Bertz CT molecular complexity index is 1070. The third-order valence-corrected chi connectivity index (χ3v) is 9.21. The molecular formula is C24H33N3O4S2. The molecule has 9 heteroatoms. The van der Waals surface area contributed by atoms with Gasteiger partial charge in [-0.2, -0.15) is 0 Å². The van der Waals surface area contributed by atoms with Crippen LogP contribution in [-0.4, -0.2) is 49.7 Å². The van der Waals surface area contributed by atoms with Gasteiger partial charge < -0.3 is 10.1 Å². The summed E-state index contributed by atoms with van der Waals surface area (Å²) < 4.78 is 29.4. The Labute approximate surface area is 200 Å². The molecule has 4 rings (SSSR count). The van der Waals surface area contributed by atoms with Crippen molar-refractivity contribution in [3.63, 3.8) is 0 Å². The second kappa shape index (κ2) is 10.2. The van der Waals surface area contributed by atoms with Gasteiger partial charge in [0, 0.05) is 31.2 Å². The van der Waals surface area contributed by atoms with Crippen molar-refractivity contribution in [3.8, 4) is 0 Å². The summed E-state index contributed by atoms with van der Waals surface area (Å²) in [6.07, 6.45) is 2.42. The number of sulfone groups is 1. The number of ether oxygens (including phenoxy) is 1. The largest absolute Gasteiger partial charge is 0.381 e. The van der Waals surface area contributed by atoms with Crippen molar-refractivity contribution in [3.05, 3.63) is 40.4 Å². The van der Waals surface area contributed by atoms with Gasteiger partial charge in [0.2, 0.25) is 5.91 Å². The van der Waals surface area contributed by atoms with E-state index >= 15 is 0 Å². The summed E-state index contributed by atoms with van der Waals surface area (Å²) in [5, 5.41) is 3.59. The average molecular weight is 492 g/mol. The summed E-state index contributed by atoms with van der Waals surface area (Å²) in [5.41, 5.74) is 1.88. The van der Waals surface area contributed by atoms with Crippen molar-refractivity contribution in [1.82, 2.24) is 9.88 Å². The number of aromatic nitrogens is 1. The highest BCUT2D eigenvalue weighted by atomic mass is 32.2. The fraction of sp³-hybridized carbons (Fsp3) is 0.583. The monoisotopic (exact) mass is 491 g/mol. The van der Waals surface area contributed by atoms with Crippen molar-refractivity contribution in [2.45, 2.75) is 57.5 Å². The molecule has 1 aromatic heterocycles. The number of hydrogen-bond acceptors (Lipinski definition) is 7. The molecule has 0 spiro atoms. The number of thiazole rings is 1. The zero-order valence-electron chi connectivity index (χ0n) is 19.5. The quantitative estimate of drug-likeness (QED) is 0.599. The van der Waals surface area contributed by atoms with Crippen molar-refractivity contribution >= 4 is 32.2 Å². The van der Waals surface area contributed by atoms with E-state index in [1.165, 1.54) is 4.88 Å². The number of rotatable bonds is 8. The lowest BCUT2D eigenvalue weighted by atomic mass is 9.97. The molecule has 0 aliphatic carbocycles. The van der Waals surface area contributed by atoms with Gasteiger partial charge in [0.05, 0.1) is 28.8 Å². The van der Waals surface area contributed by atoms with E-state index in [1.807, 2.05) is 0 Å². The first-order chi connectivity index (χ1) is 15.8. The maximum absolute atomic E-state index is 12.6. The third-order valence-electron chi connectivity index (χ3n) is 6.49. The van der Waals surface area contributed by atoms with Crippen LogP contribution in [0.15, 0.2) is 29.2 Å². The first-order valence-corrected chi connectivity index (χ1v) is 14.2. The standard InChI is InChI=1S/C24H33N3O4S2/c1-4-33(29,30)19-7-5-17(6-8-19)13-21(28)25-24-26-22-20(32-24)15-27(23(22)16(2)3)14-18-9-11-31-12-10-18/h5-8,16,18,23H,4,9-15H2,1-3H3,(H,25,26,28). The first kappa shape index (κ1) is 24.3. The highest BCUT2D eigenvalue weighted by molar-refractivity contribution is 7.91. The summed E-state index contributed by atoms with van der Waals surface area (Å²) >= 11 is 1.57. The van der Waals surface area contributed by atoms with Crippen LogP contribution in [0.1, 0.15) is 55.8 Å². The molecule has 0 bridgehead atoms. The first-order valence-electron chi connectivity index (χ1n) is 11.7. The number of fused-ring (bicyclic) bond motifs is 1. The summed E-state index contributed by atoms with van der Waals surface area (Å²) in [6.45, 7) is 9.76. The second-order valence-corrected chi connectivity index (χ2v) is 12.6. The van der Waals surface area contributed by atoms with Gasteiger partial charge >= 0.3 is 0 Å². The molecule has 3 heterocycles. The Hall–Kier alpha value is -1.81. The lowest BCUT2D eigenvalue weighted by Crippen LogP contribution is -2.33. The van der Waals surface area contributed by atoms with Crippen molar-refractivity contribution in [2.75, 3.05) is 30.8 Å². The van der Waals surface area contributed by atoms with E-state index in [0.29, 0.717) is 17.0 Å². The highest BCUT2D eigenvalue weighted by Crippen LogP contribution is 2.43. The van der Waals surface area contributed by atoms with Gasteiger partial charge in [-0.1, -0.05) is 32.9 Å². The SMILES string of the molecule is CCS(=O)(=O)c1ccc(CC(=O)Nc2nc3c(s2)CN(CC2CCOCC2)C3C(C)C)cc1. The van der Waals surface area contributed by atoms with Crippen molar-refractivity contribution in [2.24, 2.45) is 11.8 Å². The molecule has 1 saturated heterocycles. The topological polar surface area (TPSA) is 88.6 Å². The van der Waals surface area contributed by atoms with E-state index in [2.05, 4.69) is 24.1 Å². The number of anilines is 1. The predicted molar refractivity (Wildman–Crippen MR) is 130 cm³/mol. The summed E-state index contributed by atoms with van der Waals surface area (Å²) in [5.74, 6) is 1.03. The Kier molecular flexibility index (Phi) is 7.53. The van der Waals surface area contributed by atoms with E-state index < -0.39 is 9.84 Å². The van der Waals surface area contributed by atoms with E-state index in [1.54, 1.807) is 42.5 Å². The number of nitrogens with one attached hydrogen (secondary N) is 1. The number of benzene rings is 1. The number of carbonyl (C=O) groups is 1. The Morgan fingerprint density at radius 2 is 1.94 bits per heavy atom. The summed E-state index contributed by atoms with van der Waals surface area (Å²) in [4.78, 5) is 21.5. The van der Waals surface area contributed by atoms with Gasteiger partial charge in [-0.25, -0.2) is 13.4 Å². The molecule has 1 atom stereocenters. The number of carbonyl (C=O) groups excluding carboxylic acids is 1. The second-order valence-electron chi connectivity index (χ2n) is 9.27. The molecule has 1 unspecified atom stereocenters. The number of hydrogen-bond donors (Lipinski definition) is 1. The van der Waals surface area contributed by atoms with Gasteiger partial charge in [-0.3, -0.25) is 9.69 Å². The lowest BCUT2D eigenvalue weighted by Gasteiger charge is -2.32. The van der Waals surface area contributed by atoms with Gasteiger partial charge in [-0.05, 0) is 42.4 Å². The van der Waals surface area contributed by atoms with Crippen LogP contribution in [0, 0.1) is 11.8 Å². The molecule has 2 aliphatic rings. The predicted octanol–water partition coefficient (Wildman–Crippen LogP) is 4.06. The van der Waals surface area contributed by atoms with E-state index in [4.69, 9.17) is 9.72 Å². The van der Waals surface area contributed by atoms with Crippen LogP contribution in [0.25, 0.3) is 0 Å². The zero-order valence-corrected chi connectivity index (χ0v) is 21.2. The van der Waals surface area contributed by atoms with Crippen LogP contribution in [0.3, 0.4) is 0 Å². The maximum Gasteiger partial charge on any atom is 0.230 e. The van der Waals surface area contributed by atoms with Crippen LogP contribution >= 0.6 is 11.3 Å². The minimum atomic E-state index is -3.24.